The lowest BCUT2D eigenvalue weighted by Crippen LogP contribution is -2.62. The molecule has 1 aromatic rings. The van der Waals surface area contributed by atoms with Gasteiger partial charge < -0.3 is 10.2 Å². The van der Waals surface area contributed by atoms with E-state index in [2.05, 4.69) is 28.3 Å². The zero-order valence-electron chi connectivity index (χ0n) is 21.8. The van der Waals surface area contributed by atoms with Crippen molar-refractivity contribution in [1.82, 2.24) is 4.90 Å². The van der Waals surface area contributed by atoms with Crippen LogP contribution in [0, 0.1) is 17.3 Å². The topological polar surface area (TPSA) is 142 Å². The Morgan fingerprint density at radius 1 is 1.22 bits per heavy atom. The maximum absolute atomic E-state index is 14.1. The molecule has 3 aliphatic rings. The van der Waals surface area contributed by atoms with Gasteiger partial charge in [-0.15, -0.1) is 4.40 Å². The van der Waals surface area contributed by atoms with Crippen LogP contribution in [0.2, 0.25) is 0 Å². The van der Waals surface area contributed by atoms with Crippen LogP contribution in [0.25, 0.3) is 0 Å². The minimum absolute atomic E-state index is 0.0331. The van der Waals surface area contributed by atoms with Gasteiger partial charge in [0.25, 0.3) is 10.0 Å². The number of hydrogen-bond acceptors (Lipinski definition) is 7. The number of rotatable bonds is 8. The molecule has 0 radical (unpaired) electrons. The number of fused-ring (bicyclic) bond motifs is 1. The number of amides is 1. The molecule has 204 valence electrons. The highest BCUT2D eigenvalue weighted by Gasteiger charge is 2.54. The van der Waals surface area contributed by atoms with Gasteiger partial charge >= 0.3 is 0 Å². The molecule has 12 heteroatoms. The van der Waals surface area contributed by atoms with Gasteiger partial charge in [0.15, 0.2) is 11.7 Å². The van der Waals surface area contributed by atoms with Crippen molar-refractivity contribution in [3.8, 4) is 0 Å². The van der Waals surface area contributed by atoms with Gasteiger partial charge in [-0.05, 0) is 56.2 Å². The van der Waals surface area contributed by atoms with E-state index in [1.165, 1.54) is 18.2 Å². The molecule has 0 spiro atoms. The van der Waals surface area contributed by atoms with E-state index in [1.54, 1.807) is 0 Å². The van der Waals surface area contributed by atoms with Crippen molar-refractivity contribution in [3.05, 3.63) is 18.2 Å². The monoisotopic (exact) mass is 552 g/mol. The van der Waals surface area contributed by atoms with Crippen molar-refractivity contribution in [2.24, 2.45) is 21.6 Å². The normalized spacial score (nSPS) is 26.1. The molecule has 2 N–H and O–H groups in total. The standard InChI is InChI=1S/C25H36N4O6S2/c1-5-25(13-12-16(2)3)15-29(18-8-6-7-9-18)24(31)21(22(25)30)23-26-19-11-10-17(27-36(4,32)33)14-20(19)37(34,35)28-23/h10-11,14,16,18,21,27H,5-9,12-13,15H2,1-4H3,(H,26,28). The summed E-state index contributed by atoms with van der Waals surface area (Å²) in [5.41, 5.74) is -0.559. The highest BCUT2D eigenvalue weighted by Crippen LogP contribution is 2.43. The van der Waals surface area contributed by atoms with Crippen LogP contribution in [0.1, 0.15) is 65.7 Å². The van der Waals surface area contributed by atoms with Gasteiger partial charge in [0.1, 0.15) is 10.7 Å². The van der Waals surface area contributed by atoms with Gasteiger partial charge in [-0.2, -0.15) is 8.42 Å². The first kappa shape index (κ1) is 27.6. The molecule has 1 saturated heterocycles. The van der Waals surface area contributed by atoms with Crippen LogP contribution in [-0.2, 0) is 29.6 Å². The molecule has 1 aliphatic carbocycles. The largest absolute Gasteiger partial charge is 0.341 e. The number of Topliss-reactive ketones (excluding diaryl/α,β-unsaturated/α-hetero) is 1. The third kappa shape index (κ3) is 5.55. The van der Waals surface area contributed by atoms with Gasteiger partial charge in [0, 0.05) is 23.7 Å². The molecular weight excluding hydrogens is 516 g/mol. The van der Waals surface area contributed by atoms with E-state index in [0.29, 0.717) is 25.3 Å². The van der Waals surface area contributed by atoms with E-state index >= 15 is 0 Å². The summed E-state index contributed by atoms with van der Waals surface area (Å²) in [4.78, 5) is 29.5. The van der Waals surface area contributed by atoms with Crippen molar-refractivity contribution in [1.29, 1.82) is 0 Å². The minimum atomic E-state index is -4.30. The maximum Gasteiger partial charge on any atom is 0.286 e. The third-order valence-electron chi connectivity index (χ3n) is 7.75. The highest BCUT2D eigenvalue weighted by molar-refractivity contribution is 7.92. The predicted octanol–water partition coefficient (Wildman–Crippen LogP) is 3.37. The number of anilines is 2. The number of likely N-dealkylation sites (tertiary alicyclic amines) is 1. The number of hydrogen-bond donors (Lipinski definition) is 2. The van der Waals surface area contributed by atoms with Crippen molar-refractivity contribution in [2.45, 2.75) is 76.7 Å². The summed E-state index contributed by atoms with van der Waals surface area (Å²) >= 11 is 0. The zero-order valence-corrected chi connectivity index (χ0v) is 23.4. The van der Waals surface area contributed by atoms with Crippen molar-refractivity contribution in [3.63, 3.8) is 0 Å². The third-order valence-corrected chi connectivity index (χ3v) is 9.68. The molecule has 1 aromatic carbocycles. The fourth-order valence-corrected chi connectivity index (χ4v) is 7.38. The van der Waals surface area contributed by atoms with E-state index in [9.17, 15) is 26.4 Å². The lowest BCUT2D eigenvalue weighted by molar-refractivity contribution is -0.154. The number of carbonyl (C=O) groups excluding carboxylic acids is 2. The quantitative estimate of drug-likeness (QED) is 0.471. The molecule has 2 fully saturated rings. The number of ketones is 1. The molecule has 0 bridgehead atoms. The van der Waals surface area contributed by atoms with E-state index in [1.807, 2.05) is 11.8 Å². The Bertz CT molecular complexity index is 1330. The summed E-state index contributed by atoms with van der Waals surface area (Å²) in [6.45, 7) is 6.50. The average molecular weight is 553 g/mol. The molecule has 2 unspecified atom stereocenters. The Hall–Kier alpha value is -2.47. The molecular formula is C25H36N4O6S2. The lowest BCUT2D eigenvalue weighted by atomic mass is 9.67. The summed E-state index contributed by atoms with van der Waals surface area (Å²) < 4.78 is 55.8. The summed E-state index contributed by atoms with van der Waals surface area (Å²) in [5, 5.41) is 2.94. The molecule has 1 saturated carbocycles. The maximum atomic E-state index is 14.1. The van der Waals surface area contributed by atoms with Crippen LogP contribution in [0.4, 0.5) is 11.4 Å². The van der Waals surface area contributed by atoms with Crippen LogP contribution >= 0.6 is 0 Å². The lowest BCUT2D eigenvalue weighted by Gasteiger charge is -2.47. The number of piperidine rings is 1. The predicted molar refractivity (Wildman–Crippen MR) is 142 cm³/mol. The molecule has 2 heterocycles. The van der Waals surface area contributed by atoms with Crippen LogP contribution in [0.5, 0.6) is 0 Å². The van der Waals surface area contributed by atoms with Crippen molar-refractivity contribution in [2.75, 3.05) is 22.8 Å². The molecule has 0 aromatic heterocycles. The zero-order chi connectivity index (χ0) is 27.2. The summed E-state index contributed by atoms with van der Waals surface area (Å²) in [6.07, 6.45) is 6.71. The molecule has 2 atom stereocenters. The van der Waals surface area contributed by atoms with Gasteiger partial charge in [0.05, 0.1) is 11.9 Å². The average Bonchev–Trinajstić information content (AvgIpc) is 3.33. The van der Waals surface area contributed by atoms with E-state index in [0.717, 1.165) is 38.4 Å². The van der Waals surface area contributed by atoms with Crippen LogP contribution < -0.4 is 10.0 Å². The van der Waals surface area contributed by atoms with Crippen LogP contribution in [-0.4, -0.2) is 58.1 Å². The Kier molecular flexibility index (Phi) is 7.46. The molecule has 2 aliphatic heterocycles. The second kappa shape index (κ2) is 10.0. The Labute approximate surface area is 219 Å². The number of benzene rings is 1. The minimum Gasteiger partial charge on any atom is -0.341 e. The van der Waals surface area contributed by atoms with Gasteiger partial charge in [0.2, 0.25) is 15.9 Å². The first-order valence-corrected chi connectivity index (χ1v) is 16.2. The second-order valence-corrected chi connectivity index (χ2v) is 14.3. The van der Waals surface area contributed by atoms with E-state index in [4.69, 9.17) is 0 Å². The fraction of sp³-hybridized carbons (Fsp3) is 0.640. The summed E-state index contributed by atoms with van der Waals surface area (Å²) in [7, 11) is -7.93. The Morgan fingerprint density at radius 3 is 2.49 bits per heavy atom. The number of carbonyl (C=O) groups is 2. The summed E-state index contributed by atoms with van der Waals surface area (Å²) in [5.74, 6) is -1.82. The van der Waals surface area contributed by atoms with Crippen LogP contribution in [0.15, 0.2) is 27.5 Å². The SMILES string of the molecule is CCC1(CCC(C)C)CN(C2CCCC2)C(=O)C(C2=NS(=O)(=O)c3cc(NS(C)(=O)=O)ccc3N2)C1=O. The summed E-state index contributed by atoms with van der Waals surface area (Å²) in [6, 6.07) is 4.03. The molecule has 1 amide bonds. The smallest absolute Gasteiger partial charge is 0.286 e. The van der Waals surface area contributed by atoms with Gasteiger partial charge in [-0.25, -0.2) is 8.42 Å². The van der Waals surface area contributed by atoms with E-state index in [-0.39, 0.29) is 33.9 Å². The van der Waals surface area contributed by atoms with Gasteiger partial charge in [-0.3, -0.25) is 14.3 Å². The molecule has 4 rings (SSSR count). The van der Waals surface area contributed by atoms with E-state index < -0.39 is 37.3 Å². The highest BCUT2D eigenvalue weighted by atomic mass is 32.2. The molecule has 10 nitrogen and oxygen atoms in total. The number of sulfonamides is 2. The van der Waals surface area contributed by atoms with Gasteiger partial charge in [-0.1, -0.05) is 33.6 Å². The number of amidine groups is 1. The molecule has 37 heavy (non-hydrogen) atoms. The number of nitrogens with zero attached hydrogens (tertiary/aromatic N) is 2. The second-order valence-electron chi connectivity index (χ2n) is 10.9. The fourth-order valence-electron chi connectivity index (χ4n) is 5.64. The van der Waals surface area contributed by atoms with Crippen LogP contribution in [0.3, 0.4) is 0 Å². The Morgan fingerprint density at radius 2 is 1.89 bits per heavy atom. The Balaban J connectivity index is 1.75. The first-order chi connectivity index (χ1) is 17.3. The van der Waals surface area contributed by atoms with Crippen molar-refractivity contribution < 1.29 is 26.4 Å². The number of nitrogens with one attached hydrogen (secondary N) is 2. The first-order valence-electron chi connectivity index (χ1n) is 12.8. The van der Waals surface area contributed by atoms with Crippen molar-refractivity contribution >= 4 is 48.9 Å².